The Morgan fingerprint density at radius 2 is 1.82 bits per heavy atom. The number of rotatable bonds is 10. The predicted molar refractivity (Wildman–Crippen MR) is 123 cm³/mol. The molecule has 1 aliphatic rings. The summed E-state index contributed by atoms with van der Waals surface area (Å²) >= 11 is 0. The van der Waals surface area contributed by atoms with Crippen molar-refractivity contribution in [3.63, 3.8) is 0 Å². The highest BCUT2D eigenvalue weighted by Crippen LogP contribution is 2.23. The monoisotopic (exact) mass is 540 g/mol. The van der Waals surface area contributed by atoms with Gasteiger partial charge in [0.2, 0.25) is 11.8 Å². The van der Waals surface area contributed by atoms with Gasteiger partial charge in [0, 0.05) is 31.5 Å². The molecule has 206 valence electrons. The third-order valence-electron chi connectivity index (χ3n) is 5.53. The first-order chi connectivity index (χ1) is 18.0. The number of hydrogen-bond donors (Lipinski definition) is 3. The Balaban J connectivity index is 0.000000505. The van der Waals surface area contributed by atoms with Gasteiger partial charge in [-0.1, -0.05) is 23.3 Å². The van der Waals surface area contributed by atoms with Crippen molar-refractivity contribution in [2.24, 2.45) is 0 Å². The number of aromatic nitrogens is 5. The number of nitrogens with one attached hydrogen (secondary N) is 1. The van der Waals surface area contributed by atoms with Gasteiger partial charge in [-0.05, 0) is 37.3 Å². The van der Waals surface area contributed by atoms with Crippen LogP contribution >= 0.6 is 0 Å². The highest BCUT2D eigenvalue weighted by Gasteiger charge is 2.38. The second kappa shape index (κ2) is 13.0. The van der Waals surface area contributed by atoms with E-state index in [2.05, 4.69) is 37.7 Å². The van der Waals surface area contributed by atoms with Crippen molar-refractivity contribution in [2.45, 2.75) is 70.4 Å². The molecule has 0 fully saturated rings. The molecule has 1 unspecified atom stereocenters. The number of halogens is 3. The van der Waals surface area contributed by atoms with Gasteiger partial charge in [-0.25, -0.2) is 9.78 Å². The molecule has 0 radical (unpaired) electrons. The van der Waals surface area contributed by atoms with Crippen molar-refractivity contribution in [1.82, 2.24) is 25.3 Å². The number of aryl methyl sites for hydroxylation is 4. The topological polar surface area (TPSA) is 177 Å². The number of aliphatic carboxylic acids is 2. The second-order valence-corrected chi connectivity index (χ2v) is 8.50. The van der Waals surface area contributed by atoms with E-state index in [1.54, 1.807) is 0 Å². The lowest BCUT2D eigenvalue weighted by molar-refractivity contribution is -0.192. The summed E-state index contributed by atoms with van der Waals surface area (Å²) in [6.45, 7) is 2.88. The first-order valence-corrected chi connectivity index (χ1v) is 11.9. The highest BCUT2D eigenvalue weighted by atomic mass is 19.4. The molecule has 0 saturated carbocycles. The number of alkyl halides is 3. The summed E-state index contributed by atoms with van der Waals surface area (Å²) in [5.41, 5.74) is 2.32. The fourth-order valence-corrected chi connectivity index (χ4v) is 3.66. The largest absolute Gasteiger partial charge is 0.490 e. The van der Waals surface area contributed by atoms with E-state index >= 15 is 0 Å². The third kappa shape index (κ3) is 8.52. The molecule has 3 aromatic heterocycles. The fraction of sp³-hybridized carbons (Fsp3) is 0.522. The number of pyridine rings is 1. The SMILES string of the molecule is CCc1noc(C(CC(=O)O)Cc2nc(CCCc3ccc4c(n3)NCCC4)no2)n1.O=C(O)C(F)(F)F. The molecule has 1 atom stereocenters. The molecule has 15 heteroatoms. The Bertz CT molecular complexity index is 1230. The molecule has 0 amide bonds. The number of nitrogens with zero attached hydrogens (tertiary/aromatic N) is 5. The van der Waals surface area contributed by atoms with E-state index in [1.165, 1.54) is 5.56 Å². The Morgan fingerprint density at radius 3 is 2.47 bits per heavy atom. The number of fused-ring (bicyclic) bond motifs is 1. The minimum Gasteiger partial charge on any atom is -0.481 e. The summed E-state index contributed by atoms with van der Waals surface area (Å²) in [7, 11) is 0. The maximum atomic E-state index is 11.3. The minimum atomic E-state index is -5.08. The summed E-state index contributed by atoms with van der Waals surface area (Å²) in [5, 5.41) is 27.6. The van der Waals surface area contributed by atoms with Gasteiger partial charge in [-0.3, -0.25) is 4.79 Å². The molecule has 0 saturated heterocycles. The van der Waals surface area contributed by atoms with Crippen LogP contribution in [0.25, 0.3) is 0 Å². The van der Waals surface area contributed by atoms with Crippen LogP contribution in [0.1, 0.15) is 66.8 Å². The summed E-state index contributed by atoms with van der Waals surface area (Å²) in [6.07, 6.45) is 0.156. The second-order valence-electron chi connectivity index (χ2n) is 8.50. The molecule has 12 nitrogen and oxygen atoms in total. The number of anilines is 1. The average molecular weight is 540 g/mol. The third-order valence-corrected chi connectivity index (χ3v) is 5.53. The van der Waals surface area contributed by atoms with Gasteiger partial charge in [-0.2, -0.15) is 23.1 Å². The van der Waals surface area contributed by atoms with E-state index in [-0.39, 0.29) is 18.7 Å². The van der Waals surface area contributed by atoms with E-state index in [4.69, 9.17) is 23.9 Å². The molecule has 3 N–H and O–H groups in total. The summed E-state index contributed by atoms with van der Waals surface area (Å²) in [5.74, 6) is -1.42. The fourth-order valence-electron chi connectivity index (χ4n) is 3.66. The number of carboxylic acid groups (broad SMARTS) is 2. The summed E-state index contributed by atoms with van der Waals surface area (Å²) < 4.78 is 42.3. The Morgan fingerprint density at radius 1 is 1.08 bits per heavy atom. The number of hydrogen-bond acceptors (Lipinski definition) is 10. The van der Waals surface area contributed by atoms with Gasteiger partial charge in [-0.15, -0.1) is 0 Å². The van der Waals surface area contributed by atoms with Crippen molar-refractivity contribution in [3.05, 3.63) is 46.8 Å². The standard InChI is InChI=1S/C21H26N6O4.C2HF3O2/c1-2-16-25-21(31-26-16)14(12-19(28)29)11-18-24-17(27-30-18)7-3-6-15-9-8-13-5-4-10-22-20(13)23-15;3-2(4,5)1(6)7/h8-9,14H,2-7,10-12H2,1H3,(H,22,23)(H,28,29);(H,6,7). The molecule has 0 spiro atoms. The molecule has 0 aromatic carbocycles. The Hall–Kier alpha value is -4.04. The van der Waals surface area contributed by atoms with Crippen molar-refractivity contribution in [1.29, 1.82) is 0 Å². The van der Waals surface area contributed by atoms with Crippen molar-refractivity contribution >= 4 is 17.8 Å². The van der Waals surface area contributed by atoms with Crippen LogP contribution in [0.5, 0.6) is 0 Å². The molecule has 1 aliphatic heterocycles. The molecular formula is C23H27F3N6O6. The van der Waals surface area contributed by atoms with Crippen molar-refractivity contribution in [2.75, 3.05) is 11.9 Å². The van der Waals surface area contributed by atoms with Crippen LogP contribution in [0.15, 0.2) is 21.2 Å². The lowest BCUT2D eigenvalue weighted by Crippen LogP contribution is -2.21. The van der Waals surface area contributed by atoms with Crippen LogP contribution in [-0.2, 0) is 41.7 Å². The number of carbonyl (C=O) groups is 2. The van der Waals surface area contributed by atoms with Crippen LogP contribution in [-0.4, -0.2) is 60.1 Å². The molecule has 0 bridgehead atoms. The minimum absolute atomic E-state index is 0.152. The van der Waals surface area contributed by atoms with E-state index in [0.717, 1.165) is 43.7 Å². The molecule has 0 aliphatic carbocycles. The lowest BCUT2D eigenvalue weighted by Gasteiger charge is -2.17. The zero-order valence-electron chi connectivity index (χ0n) is 20.5. The van der Waals surface area contributed by atoms with Crippen LogP contribution in [0.3, 0.4) is 0 Å². The van der Waals surface area contributed by atoms with E-state index in [1.807, 2.05) is 6.92 Å². The summed E-state index contributed by atoms with van der Waals surface area (Å²) in [6, 6.07) is 4.24. The van der Waals surface area contributed by atoms with Crippen LogP contribution < -0.4 is 5.32 Å². The zero-order chi connectivity index (χ0) is 27.7. The first-order valence-electron chi connectivity index (χ1n) is 11.9. The van der Waals surface area contributed by atoms with Gasteiger partial charge in [0.1, 0.15) is 5.82 Å². The molecule has 4 rings (SSSR count). The number of carboxylic acids is 2. The average Bonchev–Trinajstić information content (AvgIpc) is 3.53. The summed E-state index contributed by atoms with van der Waals surface area (Å²) in [4.78, 5) is 33.5. The maximum absolute atomic E-state index is 11.3. The predicted octanol–water partition coefficient (Wildman–Crippen LogP) is 3.38. The molecule has 38 heavy (non-hydrogen) atoms. The van der Waals surface area contributed by atoms with Gasteiger partial charge in [0.05, 0.1) is 12.3 Å². The van der Waals surface area contributed by atoms with Crippen molar-refractivity contribution < 1.29 is 42.0 Å². The van der Waals surface area contributed by atoms with Gasteiger partial charge < -0.3 is 24.6 Å². The first kappa shape index (κ1) is 28.5. The quantitative estimate of drug-likeness (QED) is 0.342. The van der Waals surface area contributed by atoms with Crippen LogP contribution in [0.2, 0.25) is 0 Å². The van der Waals surface area contributed by atoms with Gasteiger partial charge in [0.25, 0.3) is 0 Å². The zero-order valence-corrected chi connectivity index (χ0v) is 20.5. The van der Waals surface area contributed by atoms with E-state index in [9.17, 15) is 23.1 Å². The molecule has 3 aromatic rings. The van der Waals surface area contributed by atoms with Gasteiger partial charge >= 0.3 is 18.1 Å². The lowest BCUT2D eigenvalue weighted by atomic mass is 10.0. The Labute approximate surface area is 214 Å². The van der Waals surface area contributed by atoms with Crippen LogP contribution in [0.4, 0.5) is 19.0 Å². The van der Waals surface area contributed by atoms with E-state index in [0.29, 0.717) is 30.4 Å². The van der Waals surface area contributed by atoms with Gasteiger partial charge in [0.15, 0.2) is 11.6 Å². The van der Waals surface area contributed by atoms with Crippen LogP contribution in [0, 0.1) is 0 Å². The van der Waals surface area contributed by atoms with E-state index < -0.39 is 24.0 Å². The Kier molecular flexibility index (Phi) is 9.73. The molecular weight excluding hydrogens is 513 g/mol. The normalized spacial score (nSPS) is 13.6. The highest BCUT2D eigenvalue weighted by molar-refractivity contribution is 5.73. The molecule has 4 heterocycles. The maximum Gasteiger partial charge on any atom is 0.490 e. The smallest absolute Gasteiger partial charge is 0.481 e. The van der Waals surface area contributed by atoms with Crippen molar-refractivity contribution in [3.8, 4) is 0 Å².